The number of benzene rings is 2. The van der Waals surface area contributed by atoms with Crippen molar-refractivity contribution in [2.24, 2.45) is 17.8 Å². The van der Waals surface area contributed by atoms with Gasteiger partial charge >= 0.3 is 0 Å². The van der Waals surface area contributed by atoms with Crippen LogP contribution in [0.25, 0.3) is 0 Å². The molecule has 112 valence electrons. The molecule has 0 aromatic heterocycles. The number of allylic oxidation sites excluding steroid dienone is 2. The lowest BCUT2D eigenvalue weighted by molar-refractivity contribution is -0.123. The number of Topliss-reactive ketones (excluding diaryl/α,β-unsaturated/α-hetero) is 1. The molecule has 0 aliphatic heterocycles. The first-order valence-corrected chi connectivity index (χ1v) is 8.16. The summed E-state index contributed by atoms with van der Waals surface area (Å²) in [5, 5.41) is 0. The molecule has 23 heavy (non-hydrogen) atoms. The Labute approximate surface area is 137 Å². The SMILES string of the molecule is O=C1[C@@H]2C=C[C@@H](C#Cc3ccccc3)[C@H]1C[C@H]2c1ccccc1. The molecule has 0 radical (unpaired) electrons. The monoisotopic (exact) mass is 298 g/mol. The van der Waals surface area contributed by atoms with Crippen molar-refractivity contribution in [1.29, 1.82) is 0 Å². The molecule has 2 aliphatic carbocycles. The normalized spacial score (nSPS) is 28.3. The van der Waals surface area contributed by atoms with Crippen molar-refractivity contribution in [2.75, 3.05) is 0 Å². The third-order valence-corrected chi connectivity index (χ3v) is 4.98. The zero-order valence-electron chi connectivity index (χ0n) is 12.9. The fourth-order valence-electron chi connectivity index (χ4n) is 3.79. The molecule has 4 rings (SSSR count). The molecule has 2 aromatic rings. The number of carbonyl (C=O) groups is 1. The molecule has 1 nitrogen and oxygen atoms in total. The van der Waals surface area contributed by atoms with Crippen LogP contribution in [0.2, 0.25) is 0 Å². The van der Waals surface area contributed by atoms with Crippen LogP contribution < -0.4 is 0 Å². The first-order valence-electron chi connectivity index (χ1n) is 8.16. The van der Waals surface area contributed by atoms with Gasteiger partial charge in [0.05, 0.1) is 0 Å². The van der Waals surface area contributed by atoms with Gasteiger partial charge in [0.2, 0.25) is 0 Å². The van der Waals surface area contributed by atoms with Crippen molar-refractivity contribution in [3.63, 3.8) is 0 Å². The van der Waals surface area contributed by atoms with Gasteiger partial charge in [-0.1, -0.05) is 72.5 Å². The topological polar surface area (TPSA) is 17.1 Å². The predicted molar refractivity (Wildman–Crippen MR) is 91.7 cm³/mol. The number of hydrogen-bond acceptors (Lipinski definition) is 1. The van der Waals surface area contributed by atoms with Gasteiger partial charge < -0.3 is 0 Å². The highest BCUT2D eigenvalue weighted by molar-refractivity contribution is 5.90. The van der Waals surface area contributed by atoms with Crippen LogP contribution >= 0.6 is 0 Å². The Morgan fingerprint density at radius 2 is 1.52 bits per heavy atom. The van der Waals surface area contributed by atoms with Gasteiger partial charge in [0, 0.05) is 23.3 Å². The summed E-state index contributed by atoms with van der Waals surface area (Å²) in [5.74, 6) is 7.35. The van der Waals surface area contributed by atoms with E-state index in [0.29, 0.717) is 11.7 Å². The third-order valence-electron chi connectivity index (χ3n) is 4.98. The van der Waals surface area contributed by atoms with Crippen molar-refractivity contribution in [3.05, 3.63) is 83.9 Å². The van der Waals surface area contributed by atoms with Crippen LogP contribution in [0.3, 0.4) is 0 Å². The van der Waals surface area contributed by atoms with E-state index in [0.717, 1.165) is 12.0 Å². The van der Waals surface area contributed by atoms with Crippen LogP contribution in [0.5, 0.6) is 0 Å². The zero-order valence-corrected chi connectivity index (χ0v) is 12.9. The molecule has 2 aromatic carbocycles. The molecular formula is C22H18O. The molecule has 0 spiro atoms. The molecule has 0 unspecified atom stereocenters. The van der Waals surface area contributed by atoms with E-state index < -0.39 is 0 Å². The van der Waals surface area contributed by atoms with E-state index in [1.807, 2.05) is 36.4 Å². The lowest BCUT2D eigenvalue weighted by atomic mass is 9.84. The van der Waals surface area contributed by atoms with Gasteiger partial charge in [-0.05, 0) is 30.0 Å². The molecule has 0 N–H and O–H groups in total. The fourth-order valence-corrected chi connectivity index (χ4v) is 3.79. The maximum atomic E-state index is 12.7. The Morgan fingerprint density at radius 3 is 2.26 bits per heavy atom. The van der Waals surface area contributed by atoms with E-state index in [9.17, 15) is 4.79 Å². The van der Waals surface area contributed by atoms with E-state index in [4.69, 9.17) is 0 Å². The summed E-state index contributed by atoms with van der Waals surface area (Å²) < 4.78 is 0. The number of rotatable bonds is 1. The minimum atomic E-state index is 0.0391. The molecule has 1 saturated carbocycles. The quantitative estimate of drug-likeness (QED) is 0.569. The average molecular weight is 298 g/mol. The highest BCUT2D eigenvalue weighted by atomic mass is 16.1. The van der Waals surface area contributed by atoms with Gasteiger partial charge in [-0.15, -0.1) is 0 Å². The van der Waals surface area contributed by atoms with Crippen LogP contribution in [0.15, 0.2) is 72.8 Å². The summed E-state index contributed by atoms with van der Waals surface area (Å²) in [6.45, 7) is 0. The maximum absolute atomic E-state index is 12.7. The smallest absolute Gasteiger partial charge is 0.144 e. The summed E-state index contributed by atoms with van der Waals surface area (Å²) in [5.41, 5.74) is 2.28. The zero-order chi connectivity index (χ0) is 15.6. The van der Waals surface area contributed by atoms with Crippen molar-refractivity contribution < 1.29 is 4.79 Å². The van der Waals surface area contributed by atoms with Crippen LogP contribution in [0, 0.1) is 29.6 Å². The third kappa shape index (κ3) is 2.62. The van der Waals surface area contributed by atoms with Gasteiger partial charge in [0.25, 0.3) is 0 Å². The van der Waals surface area contributed by atoms with Crippen molar-refractivity contribution in [2.45, 2.75) is 12.3 Å². The first kappa shape index (κ1) is 14.0. The lowest BCUT2D eigenvalue weighted by Gasteiger charge is -2.18. The van der Waals surface area contributed by atoms with Crippen LogP contribution in [-0.2, 0) is 4.79 Å². The van der Waals surface area contributed by atoms with Crippen molar-refractivity contribution in [3.8, 4) is 11.8 Å². The molecule has 0 amide bonds. The van der Waals surface area contributed by atoms with E-state index in [-0.39, 0.29) is 17.8 Å². The van der Waals surface area contributed by atoms with Crippen LogP contribution in [-0.4, -0.2) is 5.78 Å². The standard InChI is InChI=1S/C22H18O/c23-22-19-14-13-18(12-11-16-7-3-1-4-8-16)21(22)15-20(19)17-9-5-2-6-10-17/h1-10,13-14,18-21H,15H2/t18-,19-,20+,21-/m1/s1. The van der Waals surface area contributed by atoms with E-state index >= 15 is 0 Å². The average Bonchev–Trinajstić information content (AvgIpc) is 2.81. The van der Waals surface area contributed by atoms with E-state index in [1.165, 1.54) is 5.56 Å². The molecule has 1 fully saturated rings. The molecule has 0 saturated heterocycles. The van der Waals surface area contributed by atoms with Gasteiger partial charge in [0.15, 0.2) is 0 Å². The highest BCUT2D eigenvalue weighted by Gasteiger charge is 2.46. The maximum Gasteiger partial charge on any atom is 0.144 e. The van der Waals surface area contributed by atoms with Crippen molar-refractivity contribution in [1.82, 2.24) is 0 Å². The first-order chi connectivity index (χ1) is 11.3. The molecule has 2 aliphatic rings. The minimum Gasteiger partial charge on any atom is -0.299 e. The summed E-state index contributed by atoms with van der Waals surface area (Å²) in [6, 6.07) is 20.4. The number of hydrogen-bond donors (Lipinski definition) is 0. The number of fused-ring (bicyclic) bond motifs is 2. The van der Waals surface area contributed by atoms with Gasteiger partial charge in [-0.25, -0.2) is 0 Å². The largest absolute Gasteiger partial charge is 0.299 e. The predicted octanol–water partition coefficient (Wildman–Crippen LogP) is 4.21. The van der Waals surface area contributed by atoms with Crippen LogP contribution in [0.1, 0.15) is 23.5 Å². The second-order valence-electron chi connectivity index (χ2n) is 6.33. The van der Waals surface area contributed by atoms with E-state index in [1.54, 1.807) is 0 Å². The van der Waals surface area contributed by atoms with Gasteiger partial charge in [-0.2, -0.15) is 0 Å². The Bertz CT molecular complexity index is 792. The Kier molecular flexibility index (Phi) is 3.60. The van der Waals surface area contributed by atoms with Crippen molar-refractivity contribution >= 4 is 5.78 Å². The summed E-state index contributed by atoms with van der Waals surface area (Å²) in [7, 11) is 0. The second-order valence-corrected chi connectivity index (χ2v) is 6.33. The minimum absolute atomic E-state index is 0.0391. The number of carbonyl (C=O) groups excluding carboxylic acids is 1. The molecule has 1 heteroatoms. The summed E-state index contributed by atoms with van der Waals surface area (Å²) in [4.78, 5) is 12.7. The molecular weight excluding hydrogens is 280 g/mol. The lowest BCUT2D eigenvalue weighted by Crippen LogP contribution is -2.23. The Hall–Kier alpha value is -2.59. The second kappa shape index (κ2) is 5.89. The summed E-state index contributed by atoms with van der Waals surface area (Å²) in [6.07, 6.45) is 5.15. The van der Waals surface area contributed by atoms with Crippen LogP contribution in [0.4, 0.5) is 0 Å². The van der Waals surface area contributed by atoms with Gasteiger partial charge in [0.1, 0.15) is 5.78 Å². The van der Waals surface area contributed by atoms with E-state index in [2.05, 4.69) is 48.3 Å². The highest BCUT2D eigenvalue weighted by Crippen LogP contribution is 2.47. The fraction of sp³-hybridized carbons (Fsp3) is 0.227. The molecule has 0 heterocycles. The number of ketones is 1. The van der Waals surface area contributed by atoms with Gasteiger partial charge in [-0.3, -0.25) is 4.79 Å². The Morgan fingerprint density at radius 1 is 0.826 bits per heavy atom. The molecule has 4 atom stereocenters. The summed E-state index contributed by atoms with van der Waals surface area (Å²) >= 11 is 0. The molecule has 2 bridgehead atoms. The Balaban J connectivity index is 1.59.